The fourth-order valence-corrected chi connectivity index (χ4v) is 12.1. The van der Waals surface area contributed by atoms with Crippen LogP contribution >= 0.6 is 0 Å². The number of rotatable bonds is 8. The van der Waals surface area contributed by atoms with Gasteiger partial charge in [0.1, 0.15) is 0 Å². The van der Waals surface area contributed by atoms with E-state index < -0.39 is 0 Å². The van der Waals surface area contributed by atoms with Gasteiger partial charge in [-0.15, -0.1) is 0 Å². The molecule has 4 heterocycles. The molecule has 0 aliphatic rings. The highest BCUT2D eigenvalue weighted by Crippen LogP contribution is 2.54. The Morgan fingerprint density at radius 3 is 1.00 bits per heavy atom. The Morgan fingerprint density at radius 1 is 0.284 bits per heavy atom. The van der Waals surface area contributed by atoms with Crippen molar-refractivity contribution in [2.45, 2.75) is 0 Å². The zero-order valence-corrected chi connectivity index (χ0v) is 39.8. The van der Waals surface area contributed by atoms with Gasteiger partial charge in [-0.1, -0.05) is 133 Å². The molecule has 0 atom stereocenters. The Balaban J connectivity index is 1.07. The molecule has 342 valence electrons. The highest BCUT2D eigenvalue weighted by molar-refractivity contribution is 6.38. The van der Waals surface area contributed by atoms with E-state index in [0.717, 1.165) is 56.3 Å². The second-order valence-corrected chi connectivity index (χ2v) is 19.1. The highest BCUT2D eigenvalue weighted by Gasteiger charge is 2.31. The molecular formula is C68H40N6. The minimum absolute atomic E-state index is 0.627. The van der Waals surface area contributed by atoms with Gasteiger partial charge >= 0.3 is 0 Å². The van der Waals surface area contributed by atoms with Crippen molar-refractivity contribution in [3.05, 3.63) is 254 Å². The number of nitrogens with zero attached hydrogens (tertiary/aromatic N) is 6. The van der Waals surface area contributed by atoms with Crippen LogP contribution < -0.4 is 9.80 Å². The van der Waals surface area contributed by atoms with Crippen molar-refractivity contribution in [1.82, 2.24) is 8.80 Å². The fourth-order valence-electron chi connectivity index (χ4n) is 12.1. The molecule has 15 rings (SSSR count). The number of fused-ring (bicyclic) bond motifs is 12. The third-order valence-corrected chi connectivity index (χ3v) is 15.2. The van der Waals surface area contributed by atoms with Crippen LogP contribution in [-0.2, 0) is 0 Å². The lowest BCUT2D eigenvalue weighted by Gasteiger charge is -2.25. The molecule has 0 aliphatic carbocycles. The van der Waals surface area contributed by atoms with Crippen molar-refractivity contribution in [2.75, 3.05) is 9.80 Å². The van der Waals surface area contributed by atoms with Gasteiger partial charge in [-0.3, -0.25) is 0 Å². The molecule has 0 fully saturated rings. The van der Waals surface area contributed by atoms with Gasteiger partial charge in [0.15, 0.2) is 0 Å². The predicted molar refractivity (Wildman–Crippen MR) is 305 cm³/mol. The maximum absolute atomic E-state index is 9.69. The van der Waals surface area contributed by atoms with E-state index in [-0.39, 0.29) is 0 Å². The van der Waals surface area contributed by atoms with E-state index in [1.165, 1.54) is 76.3 Å². The summed E-state index contributed by atoms with van der Waals surface area (Å²) in [5.41, 5.74) is 19.1. The van der Waals surface area contributed by atoms with Crippen molar-refractivity contribution < 1.29 is 0 Å². The summed E-state index contributed by atoms with van der Waals surface area (Å²) in [7, 11) is 0. The normalized spacial score (nSPS) is 11.8. The molecule has 0 saturated heterocycles. The van der Waals surface area contributed by atoms with Crippen molar-refractivity contribution in [1.29, 1.82) is 10.5 Å². The summed E-state index contributed by atoms with van der Waals surface area (Å²) >= 11 is 0. The third kappa shape index (κ3) is 5.91. The van der Waals surface area contributed by atoms with Crippen molar-refractivity contribution in [3.63, 3.8) is 0 Å². The summed E-state index contributed by atoms with van der Waals surface area (Å²) in [4.78, 5) is 4.55. The molecule has 74 heavy (non-hydrogen) atoms. The van der Waals surface area contributed by atoms with Crippen LogP contribution in [0.4, 0.5) is 34.1 Å². The van der Waals surface area contributed by atoms with Gasteiger partial charge < -0.3 is 18.6 Å². The van der Waals surface area contributed by atoms with E-state index in [1.54, 1.807) is 0 Å². The Hall–Kier alpha value is -10.4. The summed E-state index contributed by atoms with van der Waals surface area (Å²) < 4.78 is 5.12. The van der Waals surface area contributed by atoms with Crippen LogP contribution in [0.3, 0.4) is 0 Å². The first-order chi connectivity index (χ1) is 36.7. The molecule has 15 aromatic rings. The summed E-state index contributed by atoms with van der Waals surface area (Å²) in [5, 5.41) is 28.9. The minimum atomic E-state index is 0.627. The van der Waals surface area contributed by atoms with Crippen LogP contribution in [0.2, 0.25) is 0 Å². The van der Waals surface area contributed by atoms with E-state index in [0.29, 0.717) is 11.1 Å². The van der Waals surface area contributed by atoms with Crippen LogP contribution in [0.15, 0.2) is 243 Å². The van der Waals surface area contributed by atoms with Crippen molar-refractivity contribution in [2.24, 2.45) is 0 Å². The van der Waals surface area contributed by atoms with Gasteiger partial charge in [-0.25, -0.2) is 0 Å². The Morgan fingerprint density at radius 2 is 0.622 bits per heavy atom. The van der Waals surface area contributed by atoms with E-state index in [9.17, 15) is 10.5 Å². The standard InChI is InChI=1S/C68H40N6/c69-41-43-27-31-49(32-28-43)71(47-19-9-3-10-20-47)51-35-37-59-57(39-51)54-24-14-26-56-64-62(46-17-7-2-8-18-46)68-63(61(45-15-5-1-6-16-45)67(64)73(59)66(54)56)55-25-13-23-53-58-40-52(36-38-60(58)74(68)65(53)55)72(48-21-11-4-12-22-48)50-33-29-44(42-70)30-34-50/h1-40H. The van der Waals surface area contributed by atoms with Crippen LogP contribution in [0, 0.1) is 22.7 Å². The first kappa shape index (κ1) is 41.4. The van der Waals surface area contributed by atoms with Gasteiger partial charge in [-0.2, -0.15) is 10.5 Å². The Labute approximate surface area is 425 Å². The lowest BCUT2D eigenvalue weighted by molar-refractivity contribution is 1.28. The second-order valence-electron chi connectivity index (χ2n) is 19.1. The summed E-state index contributed by atoms with van der Waals surface area (Å²) in [6.45, 7) is 0. The molecule has 0 amide bonds. The second kappa shape index (κ2) is 16.1. The summed E-state index contributed by atoms with van der Waals surface area (Å²) in [6.07, 6.45) is 0. The van der Waals surface area contributed by atoms with Gasteiger partial charge in [0.2, 0.25) is 0 Å². The number of nitriles is 2. The van der Waals surface area contributed by atoms with E-state index in [1.807, 2.05) is 60.7 Å². The number of hydrogen-bond donors (Lipinski definition) is 0. The van der Waals surface area contributed by atoms with Crippen LogP contribution in [-0.4, -0.2) is 8.80 Å². The molecule has 0 N–H and O–H groups in total. The van der Waals surface area contributed by atoms with Crippen LogP contribution in [0.1, 0.15) is 11.1 Å². The smallest absolute Gasteiger partial charge is 0.0991 e. The monoisotopic (exact) mass is 940 g/mol. The molecule has 0 aliphatic heterocycles. The SMILES string of the molecule is N#Cc1ccc(N(c2ccccc2)c2ccc3c(c2)c2cccc4c5c(-c6ccccc6)c6c(c(-c7ccccc7)c5n3c24)c2cccc3c4cc(N(c5ccccc5)c5ccc(C#N)cc5)ccc4n6c32)cc1. The lowest BCUT2D eigenvalue weighted by atomic mass is 9.89. The minimum Gasteiger partial charge on any atom is -0.310 e. The zero-order chi connectivity index (χ0) is 49.0. The molecule has 4 aromatic heterocycles. The first-order valence-electron chi connectivity index (χ1n) is 24.9. The molecule has 11 aromatic carbocycles. The van der Waals surface area contributed by atoms with E-state index in [4.69, 9.17) is 0 Å². The van der Waals surface area contributed by atoms with Gasteiger partial charge in [-0.05, 0) is 120 Å². The molecule has 0 spiro atoms. The average molecular weight is 941 g/mol. The maximum Gasteiger partial charge on any atom is 0.0991 e. The summed E-state index contributed by atoms with van der Waals surface area (Å²) in [6, 6.07) is 90.6. The fraction of sp³-hybridized carbons (Fsp3) is 0. The van der Waals surface area contributed by atoms with E-state index >= 15 is 0 Å². The van der Waals surface area contributed by atoms with Crippen LogP contribution in [0.25, 0.3) is 98.4 Å². The number of aromatic nitrogens is 2. The zero-order valence-electron chi connectivity index (χ0n) is 39.8. The molecule has 0 bridgehead atoms. The van der Waals surface area contributed by atoms with Crippen molar-refractivity contribution in [3.8, 4) is 34.4 Å². The van der Waals surface area contributed by atoms with Gasteiger partial charge in [0.25, 0.3) is 0 Å². The van der Waals surface area contributed by atoms with Crippen LogP contribution in [0.5, 0.6) is 0 Å². The average Bonchev–Trinajstić information content (AvgIpc) is 4.22. The first-order valence-corrected chi connectivity index (χ1v) is 24.9. The van der Waals surface area contributed by atoms with Gasteiger partial charge in [0.05, 0.1) is 56.4 Å². The highest BCUT2D eigenvalue weighted by atomic mass is 15.1. The molecule has 0 radical (unpaired) electrons. The van der Waals surface area contributed by atoms with E-state index in [2.05, 4.69) is 213 Å². The number of benzene rings is 11. The Bertz CT molecular complexity index is 4450. The number of anilines is 6. The number of hydrogen-bond acceptors (Lipinski definition) is 4. The third-order valence-electron chi connectivity index (χ3n) is 15.2. The molecule has 0 saturated carbocycles. The summed E-state index contributed by atoms with van der Waals surface area (Å²) in [5.74, 6) is 0. The molecule has 0 unspecified atom stereocenters. The molecule has 6 heteroatoms. The number of para-hydroxylation sites is 4. The maximum atomic E-state index is 9.69. The van der Waals surface area contributed by atoms with Gasteiger partial charge in [0, 0.05) is 88.3 Å². The Kier molecular flexibility index (Phi) is 8.99. The molecule has 6 nitrogen and oxygen atoms in total. The lowest BCUT2D eigenvalue weighted by Crippen LogP contribution is -2.09. The topological polar surface area (TPSA) is 62.9 Å². The largest absolute Gasteiger partial charge is 0.310 e. The van der Waals surface area contributed by atoms with Crippen molar-refractivity contribution >= 4 is 110 Å². The molecular weight excluding hydrogens is 901 g/mol. The quantitative estimate of drug-likeness (QED) is 0.152. The predicted octanol–water partition coefficient (Wildman–Crippen LogP) is 18.0.